The van der Waals surface area contributed by atoms with E-state index in [1.54, 1.807) is 35.8 Å². The number of carboxylic acids is 1. The first kappa shape index (κ1) is 20.2. The van der Waals surface area contributed by atoms with Crippen LogP contribution in [-0.2, 0) is 0 Å². The zero-order valence-corrected chi connectivity index (χ0v) is 17.0. The van der Waals surface area contributed by atoms with Crippen LogP contribution in [0.2, 0.25) is 0 Å². The number of nitrogens with zero attached hydrogens (tertiary/aromatic N) is 5. The van der Waals surface area contributed by atoms with Crippen molar-refractivity contribution in [3.8, 4) is 22.9 Å². The molecule has 0 spiro atoms. The van der Waals surface area contributed by atoms with Crippen molar-refractivity contribution in [2.24, 2.45) is 0 Å². The number of carbonyl (C=O) groups is 1. The molecule has 0 aliphatic carbocycles. The van der Waals surface area contributed by atoms with Crippen LogP contribution in [0.3, 0.4) is 0 Å². The van der Waals surface area contributed by atoms with Crippen molar-refractivity contribution < 1.29 is 18.7 Å². The number of fused-ring (bicyclic) bond motifs is 2. The Bertz CT molecular complexity index is 1650. The number of pyridine rings is 2. The first-order valence-electron chi connectivity index (χ1n) is 9.74. The molecular formula is C24H13F2N5O2. The highest BCUT2D eigenvalue weighted by molar-refractivity contribution is 6.04. The van der Waals surface area contributed by atoms with Crippen molar-refractivity contribution in [3.63, 3.8) is 0 Å². The Hall–Kier alpha value is -4.71. The second-order valence-electron chi connectivity index (χ2n) is 7.34. The first-order valence-corrected chi connectivity index (χ1v) is 9.74. The molecule has 0 saturated carbocycles. The minimum Gasteiger partial charge on any atom is -0.478 e. The number of hydrogen-bond donors (Lipinski definition) is 1. The maximum atomic E-state index is 14.8. The molecule has 0 aliphatic heterocycles. The van der Waals surface area contributed by atoms with Crippen LogP contribution >= 0.6 is 0 Å². The van der Waals surface area contributed by atoms with Crippen LogP contribution in [0, 0.1) is 29.9 Å². The number of carboxylic acid groups (broad SMARTS) is 1. The average molecular weight is 441 g/mol. The van der Waals surface area contributed by atoms with Crippen LogP contribution in [0.4, 0.5) is 8.78 Å². The Labute approximate surface area is 185 Å². The third-order valence-electron chi connectivity index (χ3n) is 5.34. The predicted molar refractivity (Wildman–Crippen MR) is 116 cm³/mol. The molecule has 0 fully saturated rings. The molecule has 3 aromatic heterocycles. The van der Waals surface area contributed by atoms with Crippen molar-refractivity contribution in [2.45, 2.75) is 6.92 Å². The van der Waals surface area contributed by atoms with Crippen LogP contribution < -0.4 is 0 Å². The molecule has 2 aromatic carbocycles. The highest BCUT2D eigenvalue weighted by Gasteiger charge is 2.21. The summed E-state index contributed by atoms with van der Waals surface area (Å²) in [5, 5.41) is 19.1. The molecule has 3 heterocycles. The van der Waals surface area contributed by atoms with E-state index in [9.17, 15) is 23.9 Å². The summed E-state index contributed by atoms with van der Waals surface area (Å²) in [5.74, 6) is -2.32. The predicted octanol–water partition coefficient (Wildman–Crippen LogP) is 4.79. The molecule has 0 saturated heterocycles. The van der Waals surface area contributed by atoms with Gasteiger partial charge in [0.1, 0.15) is 34.7 Å². The lowest BCUT2D eigenvalue weighted by Gasteiger charge is -2.12. The maximum absolute atomic E-state index is 14.8. The fourth-order valence-corrected chi connectivity index (χ4v) is 3.97. The third-order valence-corrected chi connectivity index (χ3v) is 5.34. The zero-order chi connectivity index (χ0) is 23.3. The fourth-order valence-electron chi connectivity index (χ4n) is 3.97. The second kappa shape index (κ2) is 7.46. The van der Waals surface area contributed by atoms with Gasteiger partial charge in [0, 0.05) is 24.5 Å². The highest BCUT2D eigenvalue weighted by atomic mass is 19.1. The summed E-state index contributed by atoms with van der Waals surface area (Å²) in [6, 6.07) is 11.8. The Morgan fingerprint density at radius 1 is 1.06 bits per heavy atom. The average Bonchev–Trinajstić information content (AvgIpc) is 3.13. The van der Waals surface area contributed by atoms with E-state index in [0.717, 1.165) is 12.1 Å². The van der Waals surface area contributed by atoms with Gasteiger partial charge in [-0.3, -0.25) is 9.55 Å². The molecule has 0 unspecified atom stereocenters. The van der Waals surface area contributed by atoms with E-state index in [2.05, 4.69) is 15.0 Å². The number of aromatic carboxylic acids is 1. The topological polar surface area (TPSA) is 105 Å². The van der Waals surface area contributed by atoms with Crippen molar-refractivity contribution in [1.29, 1.82) is 5.26 Å². The summed E-state index contributed by atoms with van der Waals surface area (Å²) < 4.78 is 30.2. The van der Waals surface area contributed by atoms with Crippen molar-refractivity contribution >= 4 is 27.9 Å². The van der Waals surface area contributed by atoms with Gasteiger partial charge in [-0.25, -0.2) is 23.5 Å². The third kappa shape index (κ3) is 3.25. The Morgan fingerprint density at radius 2 is 1.85 bits per heavy atom. The van der Waals surface area contributed by atoms with Gasteiger partial charge in [-0.2, -0.15) is 5.26 Å². The molecule has 5 rings (SSSR count). The molecule has 7 nitrogen and oxygen atoms in total. The van der Waals surface area contributed by atoms with E-state index in [-0.39, 0.29) is 27.7 Å². The number of aromatic nitrogens is 4. The van der Waals surface area contributed by atoms with Crippen molar-refractivity contribution in [2.75, 3.05) is 0 Å². The van der Waals surface area contributed by atoms with E-state index in [1.165, 1.54) is 18.5 Å². The number of aryl methyl sites for hydroxylation is 1. The number of rotatable bonds is 3. The Kier molecular flexibility index (Phi) is 4.57. The minimum atomic E-state index is -1.19. The molecule has 0 amide bonds. The summed E-state index contributed by atoms with van der Waals surface area (Å²) in [7, 11) is 0. The quantitative estimate of drug-likeness (QED) is 0.432. The lowest BCUT2D eigenvalue weighted by atomic mass is 10.0. The number of hydrogen-bond acceptors (Lipinski definition) is 5. The van der Waals surface area contributed by atoms with E-state index < -0.39 is 17.6 Å². The Morgan fingerprint density at radius 3 is 2.61 bits per heavy atom. The SMILES string of the molecule is Cc1nc2c(C(=O)O)cc(-c3ccnc(C#N)c3)cc2n1-c1ccnc2cc(F)cc(F)c12. The molecule has 9 heteroatoms. The number of imidazole rings is 1. The lowest BCUT2D eigenvalue weighted by molar-refractivity contribution is 0.0699. The van der Waals surface area contributed by atoms with Crippen LogP contribution in [0.15, 0.2) is 54.9 Å². The van der Waals surface area contributed by atoms with Gasteiger partial charge in [-0.1, -0.05) is 0 Å². The Balaban J connectivity index is 1.88. The van der Waals surface area contributed by atoms with Gasteiger partial charge >= 0.3 is 5.97 Å². The molecule has 33 heavy (non-hydrogen) atoms. The van der Waals surface area contributed by atoms with Gasteiger partial charge < -0.3 is 5.11 Å². The van der Waals surface area contributed by atoms with Gasteiger partial charge in [0.2, 0.25) is 0 Å². The van der Waals surface area contributed by atoms with Crippen LogP contribution in [0.25, 0.3) is 38.8 Å². The summed E-state index contributed by atoms with van der Waals surface area (Å²) in [6.07, 6.45) is 2.88. The van der Waals surface area contributed by atoms with Crippen LogP contribution in [0.5, 0.6) is 0 Å². The van der Waals surface area contributed by atoms with Gasteiger partial charge in [-0.15, -0.1) is 0 Å². The smallest absolute Gasteiger partial charge is 0.337 e. The van der Waals surface area contributed by atoms with Crippen LogP contribution in [0.1, 0.15) is 21.9 Å². The van der Waals surface area contributed by atoms with E-state index in [1.807, 2.05) is 6.07 Å². The monoisotopic (exact) mass is 441 g/mol. The summed E-state index contributed by atoms with van der Waals surface area (Å²) in [5.41, 5.74) is 2.32. The number of nitriles is 1. The largest absolute Gasteiger partial charge is 0.478 e. The first-order chi connectivity index (χ1) is 15.9. The molecule has 1 N–H and O–H groups in total. The molecule has 5 aromatic rings. The van der Waals surface area contributed by atoms with Gasteiger partial charge in [0.15, 0.2) is 0 Å². The highest BCUT2D eigenvalue weighted by Crippen LogP contribution is 2.33. The molecule has 0 aliphatic rings. The molecule has 160 valence electrons. The molecular weight excluding hydrogens is 428 g/mol. The summed E-state index contributed by atoms with van der Waals surface area (Å²) in [6.45, 7) is 1.67. The molecule has 0 bridgehead atoms. The second-order valence-corrected chi connectivity index (χ2v) is 7.34. The summed E-state index contributed by atoms with van der Waals surface area (Å²) in [4.78, 5) is 24.5. The maximum Gasteiger partial charge on any atom is 0.337 e. The van der Waals surface area contributed by atoms with Crippen LogP contribution in [-0.4, -0.2) is 30.6 Å². The molecule has 0 radical (unpaired) electrons. The van der Waals surface area contributed by atoms with E-state index >= 15 is 0 Å². The standard InChI is InChI=1S/C24H13F2N5O2/c1-12-30-23-17(24(32)33)7-14(13-2-4-28-16(6-13)11-27)8-21(23)31(12)20-3-5-29-19-10-15(25)9-18(26)22(19)20/h2-10H,1H3,(H,32,33). The fraction of sp³-hybridized carbons (Fsp3) is 0.0417. The number of benzene rings is 2. The number of halogens is 2. The van der Waals surface area contributed by atoms with E-state index in [4.69, 9.17) is 0 Å². The molecule has 0 atom stereocenters. The van der Waals surface area contributed by atoms with Gasteiger partial charge in [0.25, 0.3) is 0 Å². The normalized spacial score (nSPS) is 11.1. The minimum absolute atomic E-state index is 0.0513. The summed E-state index contributed by atoms with van der Waals surface area (Å²) >= 11 is 0. The lowest BCUT2D eigenvalue weighted by Crippen LogP contribution is -2.02. The van der Waals surface area contributed by atoms with Crippen molar-refractivity contribution in [3.05, 3.63) is 83.6 Å². The van der Waals surface area contributed by atoms with Gasteiger partial charge in [0.05, 0.1) is 27.7 Å². The zero-order valence-electron chi connectivity index (χ0n) is 17.0. The van der Waals surface area contributed by atoms with E-state index in [0.29, 0.717) is 28.2 Å². The van der Waals surface area contributed by atoms with Gasteiger partial charge in [-0.05, 0) is 48.4 Å². The van der Waals surface area contributed by atoms with Crippen molar-refractivity contribution in [1.82, 2.24) is 19.5 Å².